The third-order valence-corrected chi connectivity index (χ3v) is 3.82. The number of nitrogens with one attached hydrogen (secondary N) is 1. The molecule has 0 unspecified atom stereocenters. The van der Waals surface area contributed by atoms with Crippen LogP contribution in [0.3, 0.4) is 0 Å². The van der Waals surface area contributed by atoms with E-state index >= 15 is 0 Å². The first kappa shape index (κ1) is 14.5. The van der Waals surface area contributed by atoms with Gasteiger partial charge in [-0.15, -0.1) is 15.3 Å². The normalized spacial score (nSPS) is 11.3. The highest BCUT2D eigenvalue weighted by molar-refractivity contribution is 7.18. The molecule has 2 aromatic heterocycles. The number of rotatable bonds is 3. The van der Waals surface area contributed by atoms with Gasteiger partial charge in [0.1, 0.15) is 17.3 Å². The van der Waals surface area contributed by atoms with Crippen molar-refractivity contribution in [3.63, 3.8) is 0 Å². The summed E-state index contributed by atoms with van der Waals surface area (Å²) >= 11 is 0.996. The molecular formula is C13H11F2N5OS. The molecule has 22 heavy (non-hydrogen) atoms. The zero-order chi connectivity index (χ0) is 15.9. The molecule has 114 valence electrons. The second kappa shape index (κ2) is 5.41. The maximum Gasteiger partial charge on any atom is 0.286 e. The van der Waals surface area contributed by atoms with Gasteiger partial charge in [0.15, 0.2) is 5.82 Å². The van der Waals surface area contributed by atoms with Crippen molar-refractivity contribution in [1.29, 1.82) is 0 Å². The largest absolute Gasteiger partial charge is 0.315 e. The van der Waals surface area contributed by atoms with E-state index in [2.05, 4.69) is 20.6 Å². The Bertz CT molecular complexity index is 837. The number of amides is 1. The minimum atomic E-state index is -0.848. The first-order valence-corrected chi connectivity index (χ1v) is 7.26. The summed E-state index contributed by atoms with van der Waals surface area (Å²) in [4.78, 5) is 12.6. The number of para-hydroxylation sites is 1. The van der Waals surface area contributed by atoms with Gasteiger partial charge >= 0.3 is 0 Å². The summed E-state index contributed by atoms with van der Waals surface area (Å²) in [5, 5.41) is 14.2. The fraction of sp³-hybridized carbons (Fsp3) is 0.231. The van der Waals surface area contributed by atoms with E-state index in [0.29, 0.717) is 10.8 Å². The highest BCUT2D eigenvalue weighted by Gasteiger charge is 2.20. The molecule has 1 N–H and O–H groups in total. The van der Waals surface area contributed by atoms with Gasteiger partial charge in [0.2, 0.25) is 9.97 Å². The maximum absolute atomic E-state index is 13.5. The lowest BCUT2D eigenvalue weighted by atomic mass is 10.2. The molecule has 2 heterocycles. The van der Waals surface area contributed by atoms with Gasteiger partial charge in [-0.2, -0.15) is 4.52 Å². The predicted molar refractivity (Wildman–Crippen MR) is 77.1 cm³/mol. The van der Waals surface area contributed by atoms with Crippen LogP contribution in [0.25, 0.3) is 4.96 Å². The molecule has 0 fully saturated rings. The van der Waals surface area contributed by atoms with E-state index in [9.17, 15) is 13.6 Å². The number of hydrogen-bond donors (Lipinski definition) is 1. The van der Waals surface area contributed by atoms with Gasteiger partial charge in [0.25, 0.3) is 5.91 Å². The maximum atomic E-state index is 13.5. The molecule has 0 saturated carbocycles. The molecule has 0 bridgehead atoms. The summed E-state index contributed by atoms with van der Waals surface area (Å²) in [5.74, 6) is -1.70. The van der Waals surface area contributed by atoms with Crippen molar-refractivity contribution in [2.24, 2.45) is 0 Å². The van der Waals surface area contributed by atoms with Crippen molar-refractivity contribution in [1.82, 2.24) is 19.8 Å². The highest BCUT2D eigenvalue weighted by atomic mass is 32.1. The van der Waals surface area contributed by atoms with Crippen LogP contribution in [0.4, 0.5) is 14.5 Å². The average Bonchev–Trinajstić information content (AvgIpc) is 3.02. The van der Waals surface area contributed by atoms with Crippen molar-refractivity contribution in [3.8, 4) is 0 Å². The fourth-order valence-corrected chi connectivity index (χ4v) is 2.61. The zero-order valence-corrected chi connectivity index (χ0v) is 12.5. The summed E-state index contributed by atoms with van der Waals surface area (Å²) in [7, 11) is 0. The number of fused-ring (bicyclic) bond motifs is 1. The van der Waals surface area contributed by atoms with Gasteiger partial charge < -0.3 is 5.32 Å². The summed E-state index contributed by atoms with van der Waals surface area (Å²) in [5.41, 5.74) is -0.498. The van der Waals surface area contributed by atoms with Gasteiger partial charge in [0.05, 0.1) is 0 Å². The van der Waals surface area contributed by atoms with E-state index in [1.165, 1.54) is 10.6 Å². The monoisotopic (exact) mass is 323 g/mol. The highest BCUT2D eigenvalue weighted by Crippen LogP contribution is 2.22. The van der Waals surface area contributed by atoms with Crippen LogP contribution in [-0.4, -0.2) is 25.7 Å². The lowest BCUT2D eigenvalue weighted by Crippen LogP contribution is -2.14. The summed E-state index contributed by atoms with van der Waals surface area (Å²) in [6.45, 7) is 3.84. The van der Waals surface area contributed by atoms with Gasteiger partial charge in [-0.1, -0.05) is 31.3 Å². The first-order valence-electron chi connectivity index (χ1n) is 6.45. The number of carbonyl (C=O) groups excluding carboxylic acids is 1. The van der Waals surface area contributed by atoms with Crippen LogP contribution in [0.1, 0.15) is 35.4 Å². The van der Waals surface area contributed by atoms with Crippen LogP contribution in [-0.2, 0) is 0 Å². The van der Waals surface area contributed by atoms with Crippen molar-refractivity contribution >= 4 is 27.9 Å². The molecule has 0 aliphatic heterocycles. The van der Waals surface area contributed by atoms with Gasteiger partial charge in [-0.3, -0.25) is 4.79 Å². The SMILES string of the molecule is CC(C)c1nnc2sc(C(=O)Nc3c(F)cccc3F)nn12. The second-order valence-corrected chi connectivity index (χ2v) is 5.82. The molecule has 0 atom stereocenters. The first-order chi connectivity index (χ1) is 10.5. The summed E-state index contributed by atoms with van der Waals surface area (Å²) in [6.07, 6.45) is 0. The van der Waals surface area contributed by atoms with Crippen LogP contribution < -0.4 is 5.32 Å². The molecule has 3 aromatic rings. The van der Waals surface area contributed by atoms with E-state index in [0.717, 1.165) is 23.5 Å². The van der Waals surface area contributed by atoms with Gasteiger partial charge in [-0.25, -0.2) is 8.78 Å². The van der Waals surface area contributed by atoms with E-state index < -0.39 is 23.2 Å². The number of benzene rings is 1. The Morgan fingerprint density at radius 2 is 1.95 bits per heavy atom. The van der Waals surface area contributed by atoms with E-state index in [1.54, 1.807) is 0 Å². The quantitative estimate of drug-likeness (QED) is 0.804. The predicted octanol–water partition coefficient (Wildman–Crippen LogP) is 2.84. The van der Waals surface area contributed by atoms with Crippen LogP contribution in [0.2, 0.25) is 0 Å². The number of carbonyl (C=O) groups is 1. The molecule has 0 spiro atoms. The Labute approximate surface area is 127 Å². The van der Waals surface area contributed by atoms with Crippen LogP contribution in [0, 0.1) is 11.6 Å². The lowest BCUT2D eigenvalue weighted by molar-refractivity contribution is 0.102. The van der Waals surface area contributed by atoms with Gasteiger partial charge in [0, 0.05) is 5.92 Å². The minimum absolute atomic E-state index is 0.0504. The fourth-order valence-electron chi connectivity index (χ4n) is 1.87. The van der Waals surface area contributed by atoms with E-state index in [1.807, 2.05) is 13.8 Å². The minimum Gasteiger partial charge on any atom is -0.315 e. The number of hydrogen-bond acceptors (Lipinski definition) is 5. The molecule has 0 saturated heterocycles. The topological polar surface area (TPSA) is 72.2 Å². The second-order valence-electron chi connectivity index (χ2n) is 4.87. The molecular weight excluding hydrogens is 312 g/mol. The zero-order valence-electron chi connectivity index (χ0n) is 11.7. The summed E-state index contributed by atoms with van der Waals surface area (Å²) < 4.78 is 28.5. The Kier molecular flexibility index (Phi) is 3.57. The van der Waals surface area contributed by atoms with Crippen LogP contribution >= 0.6 is 11.3 Å². The van der Waals surface area contributed by atoms with Crippen molar-refractivity contribution in [3.05, 3.63) is 40.7 Å². The number of aromatic nitrogens is 4. The Morgan fingerprint density at radius 1 is 1.27 bits per heavy atom. The molecule has 0 aliphatic carbocycles. The summed E-state index contributed by atoms with van der Waals surface area (Å²) in [6, 6.07) is 3.35. The molecule has 0 radical (unpaired) electrons. The van der Waals surface area contributed by atoms with Crippen LogP contribution in [0.5, 0.6) is 0 Å². The van der Waals surface area contributed by atoms with E-state index in [-0.39, 0.29) is 10.9 Å². The number of anilines is 1. The number of nitrogens with zero attached hydrogens (tertiary/aromatic N) is 4. The third-order valence-electron chi connectivity index (χ3n) is 2.93. The van der Waals surface area contributed by atoms with Gasteiger partial charge in [-0.05, 0) is 12.1 Å². The molecule has 1 amide bonds. The van der Waals surface area contributed by atoms with Crippen molar-refractivity contribution in [2.75, 3.05) is 5.32 Å². The van der Waals surface area contributed by atoms with E-state index in [4.69, 9.17) is 0 Å². The molecule has 9 heteroatoms. The average molecular weight is 323 g/mol. The van der Waals surface area contributed by atoms with Crippen molar-refractivity contribution < 1.29 is 13.6 Å². The standard InChI is InChI=1S/C13H11F2N5OS/c1-6(2)10-17-18-13-20(10)19-12(22-13)11(21)16-9-7(14)4-3-5-8(9)15/h3-6H,1-2H3,(H,16,21). The van der Waals surface area contributed by atoms with Crippen LogP contribution in [0.15, 0.2) is 18.2 Å². The Hall–Kier alpha value is -2.42. The molecule has 6 nitrogen and oxygen atoms in total. The smallest absolute Gasteiger partial charge is 0.286 e. The Balaban J connectivity index is 1.92. The lowest BCUT2D eigenvalue weighted by Gasteiger charge is -2.05. The van der Waals surface area contributed by atoms with Crippen molar-refractivity contribution in [2.45, 2.75) is 19.8 Å². The third kappa shape index (κ3) is 2.43. The molecule has 0 aliphatic rings. The molecule has 3 rings (SSSR count). The Morgan fingerprint density at radius 3 is 2.59 bits per heavy atom. The number of halogens is 2. The molecule has 1 aromatic carbocycles.